The molecule has 248 valence electrons. The van der Waals surface area contributed by atoms with Crippen molar-refractivity contribution >= 4 is 35.3 Å². The van der Waals surface area contributed by atoms with Crippen LogP contribution in [-0.2, 0) is 41.6 Å². The van der Waals surface area contributed by atoms with Crippen LogP contribution in [0.15, 0.2) is 60.7 Å². The van der Waals surface area contributed by atoms with Crippen molar-refractivity contribution in [2.24, 2.45) is 17.8 Å². The Morgan fingerprint density at radius 2 is 1.33 bits per heavy atom. The van der Waals surface area contributed by atoms with Gasteiger partial charge in [0.25, 0.3) is 0 Å². The molecule has 2 aromatic carbocycles. The minimum Gasteiger partial charge on any atom is -0.481 e. The van der Waals surface area contributed by atoms with Gasteiger partial charge in [-0.05, 0) is 56.1 Å². The van der Waals surface area contributed by atoms with Crippen molar-refractivity contribution in [2.45, 2.75) is 96.7 Å². The highest BCUT2D eigenvalue weighted by Crippen LogP contribution is 2.20. The van der Waals surface area contributed by atoms with Gasteiger partial charge >= 0.3 is 5.97 Å². The van der Waals surface area contributed by atoms with E-state index in [2.05, 4.69) is 16.0 Å². The maximum atomic E-state index is 13.7. The molecule has 0 aromatic heterocycles. The van der Waals surface area contributed by atoms with Crippen LogP contribution in [0, 0.1) is 17.8 Å². The first-order valence-electron chi connectivity index (χ1n) is 16.2. The predicted octanol–water partition coefficient (Wildman–Crippen LogP) is 3.80. The molecule has 0 radical (unpaired) electrons. The molecule has 46 heavy (non-hydrogen) atoms. The van der Waals surface area contributed by atoms with E-state index in [1.807, 2.05) is 74.5 Å². The highest BCUT2D eigenvalue weighted by molar-refractivity contribution is 5.95. The van der Waals surface area contributed by atoms with E-state index in [9.17, 15) is 33.9 Å². The summed E-state index contributed by atoms with van der Waals surface area (Å²) in [4.78, 5) is 78.9. The second-order valence-corrected chi connectivity index (χ2v) is 12.8. The van der Waals surface area contributed by atoms with E-state index in [-0.39, 0.29) is 68.9 Å². The highest BCUT2D eigenvalue weighted by Gasteiger charge is 2.32. The molecule has 3 rings (SSSR count). The fourth-order valence-corrected chi connectivity index (χ4v) is 5.74. The molecule has 5 atom stereocenters. The number of hydrogen-bond acceptors (Lipinski definition) is 6. The normalized spacial score (nSPS) is 24.1. The number of carbonyl (C=O) groups is 6. The number of Topliss-reactive ketones (excluding diaryl/α,β-unsaturated/α-hetero) is 2. The van der Waals surface area contributed by atoms with Gasteiger partial charge in [0.2, 0.25) is 17.7 Å². The molecule has 2 aromatic rings. The maximum Gasteiger partial charge on any atom is 0.303 e. The van der Waals surface area contributed by atoms with Crippen LogP contribution < -0.4 is 16.0 Å². The molecule has 2 unspecified atom stereocenters. The van der Waals surface area contributed by atoms with Crippen molar-refractivity contribution in [2.75, 3.05) is 0 Å². The van der Waals surface area contributed by atoms with Crippen LogP contribution in [0.3, 0.4) is 0 Å². The summed E-state index contributed by atoms with van der Waals surface area (Å²) >= 11 is 0. The maximum absolute atomic E-state index is 13.7. The van der Waals surface area contributed by atoms with Gasteiger partial charge in [-0.2, -0.15) is 0 Å². The summed E-state index contributed by atoms with van der Waals surface area (Å²) in [6, 6.07) is 16.1. The summed E-state index contributed by atoms with van der Waals surface area (Å²) < 4.78 is 0. The van der Waals surface area contributed by atoms with Gasteiger partial charge < -0.3 is 21.1 Å². The Kier molecular flexibility index (Phi) is 14.1. The van der Waals surface area contributed by atoms with Gasteiger partial charge in [0.1, 0.15) is 11.8 Å². The molecule has 1 aliphatic rings. The fraction of sp³-hybridized carbons (Fsp3) is 0.500. The summed E-state index contributed by atoms with van der Waals surface area (Å²) in [6.45, 7) is 5.41. The zero-order chi connectivity index (χ0) is 33.6. The third kappa shape index (κ3) is 12.2. The van der Waals surface area contributed by atoms with Crippen LogP contribution in [0.2, 0.25) is 0 Å². The molecule has 4 N–H and O–H groups in total. The number of ketones is 2. The zero-order valence-electron chi connectivity index (χ0n) is 27.0. The number of carboxylic acid groups (broad SMARTS) is 1. The second kappa shape index (κ2) is 18.0. The number of rotatable bonds is 9. The van der Waals surface area contributed by atoms with E-state index in [1.165, 1.54) is 0 Å². The molecule has 0 bridgehead atoms. The summed E-state index contributed by atoms with van der Waals surface area (Å²) in [6.07, 6.45) is 0.747. The summed E-state index contributed by atoms with van der Waals surface area (Å²) in [5.74, 6) is -4.42. The van der Waals surface area contributed by atoms with Gasteiger partial charge in [0.15, 0.2) is 5.78 Å². The Balaban J connectivity index is 1.95. The van der Waals surface area contributed by atoms with Crippen LogP contribution in [0.5, 0.6) is 0 Å². The van der Waals surface area contributed by atoms with Crippen molar-refractivity contribution in [1.29, 1.82) is 0 Å². The highest BCUT2D eigenvalue weighted by atomic mass is 16.4. The van der Waals surface area contributed by atoms with Crippen LogP contribution in [0.1, 0.15) is 76.8 Å². The minimum atomic E-state index is -1.03. The molecular weight excluding hydrogens is 586 g/mol. The van der Waals surface area contributed by atoms with E-state index >= 15 is 0 Å². The largest absolute Gasteiger partial charge is 0.481 e. The number of hydrogen-bond donors (Lipinski definition) is 4. The molecule has 3 amide bonds. The summed E-state index contributed by atoms with van der Waals surface area (Å²) in [5, 5.41) is 17.9. The van der Waals surface area contributed by atoms with E-state index < -0.39 is 53.7 Å². The second-order valence-electron chi connectivity index (χ2n) is 12.8. The van der Waals surface area contributed by atoms with Crippen molar-refractivity contribution in [3.8, 4) is 0 Å². The molecule has 1 heterocycles. The lowest BCUT2D eigenvalue weighted by atomic mass is 9.90. The Hall–Kier alpha value is -4.34. The number of carboxylic acids is 1. The van der Waals surface area contributed by atoms with Gasteiger partial charge in [-0.15, -0.1) is 0 Å². The van der Waals surface area contributed by atoms with Gasteiger partial charge in [-0.25, -0.2) is 0 Å². The number of aliphatic carboxylic acids is 1. The van der Waals surface area contributed by atoms with Gasteiger partial charge in [-0.1, -0.05) is 74.5 Å². The third-order valence-corrected chi connectivity index (χ3v) is 8.32. The first-order valence-corrected chi connectivity index (χ1v) is 16.2. The number of benzene rings is 2. The first kappa shape index (κ1) is 36.1. The average molecular weight is 634 g/mol. The fourth-order valence-electron chi connectivity index (χ4n) is 5.74. The zero-order valence-corrected chi connectivity index (χ0v) is 27.0. The first-order chi connectivity index (χ1) is 21.9. The van der Waals surface area contributed by atoms with Gasteiger partial charge in [-0.3, -0.25) is 28.8 Å². The monoisotopic (exact) mass is 633 g/mol. The van der Waals surface area contributed by atoms with E-state index in [4.69, 9.17) is 0 Å². The Labute approximate surface area is 271 Å². The third-order valence-electron chi connectivity index (χ3n) is 8.32. The number of carbonyl (C=O) groups excluding carboxylic acids is 5. The molecule has 1 fully saturated rings. The predicted molar refractivity (Wildman–Crippen MR) is 174 cm³/mol. The van der Waals surface area contributed by atoms with Crippen molar-refractivity contribution < 1.29 is 33.9 Å². The Morgan fingerprint density at radius 1 is 0.783 bits per heavy atom. The van der Waals surface area contributed by atoms with Crippen LogP contribution in [0.25, 0.3) is 0 Å². The van der Waals surface area contributed by atoms with Crippen molar-refractivity contribution in [1.82, 2.24) is 16.0 Å². The molecular formula is C36H47N3O7. The van der Waals surface area contributed by atoms with Crippen molar-refractivity contribution in [3.63, 3.8) is 0 Å². The molecule has 0 aliphatic carbocycles. The van der Waals surface area contributed by atoms with E-state index in [0.717, 1.165) is 11.1 Å². The minimum absolute atomic E-state index is 0.0262. The number of amides is 3. The lowest BCUT2D eigenvalue weighted by molar-refractivity contribution is -0.137. The van der Waals surface area contributed by atoms with Gasteiger partial charge in [0.05, 0.1) is 6.04 Å². The molecule has 10 nitrogen and oxygen atoms in total. The Morgan fingerprint density at radius 3 is 1.87 bits per heavy atom. The molecule has 0 spiro atoms. The molecule has 1 aliphatic heterocycles. The molecule has 0 saturated carbocycles. The van der Waals surface area contributed by atoms with Crippen molar-refractivity contribution in [3.05, 3.63) is 71.8 Å². The van der Waals surface area contributed by atoms with E-state index in [0.29, 0.717) is 6.42 Å². The van der Waals surface area contributed by atoms with Crippen LogP contribution >= 0.6 is 0 Å². The number of nitrogens with one attached hydrogen (secondary N) is 3. The summed E-state index contributed by atoms with van der Waals surface area (Å²) in [7, 11) is 0. The molecule has 1 saturated heterocycles. The smallest absolute Gasteiger partial charge is 0.303 e. The quantitative estimate of drug-likeness (QED) is 0.327. The molecule has 10 heteroatoms. The lowest BCUT2D eigenvalue weighted by Gasteiger charge is -2.25. The van der Waals surface area contributed by atoms with E-state index in [1.54, 1.807) is 6.92 Å². The lowest BCUT2D eigenvalue weighted by Crippen LogP contribution is -2.52. The van der Waals surface area contributed by atoms with Crippen LogP contribution in [-0.4, -0.2) is 58.5 Å². The topological polar surface area (TPSA) is 159 Å². The van der Waals surface area contributed by atoms with Crippen LogP contribution in [0.4, 0.5) is 0 Å². The SMILES string of the molecule is CC(C)C[C@@H]1NC(=O)[C@H](Cc2ccccc2)CC(=O)CCC(CCC(=O)O)NC(=O)C(Cc2ccccc2)CC(=O)[C@H](C)NC1=O. The van der Waals surface area contributed by atoms with Gasteiger partial charge in [0, 0.05) is 43.6 Å². The Bertz CT molecular complexity index is 1350. The summed E-state index contributed by atoms with van der Waals surface area (Å²) in [5.41, 5.74) is 1.71. The average Bonchev–Trinajstić information content (AvgIpc) is 3.01. The standard InChI is InChI=1S/C36H47N3O7/c1-23(2)18-31-36(46)37-24(3)32(41)22-28(20-26-12-8-5-9-13-26)34(44)38-29(15-17-33(42)43)14-16-30(40)21-27(35(45)39-31)19-25-10-6-4-7-11-25/h4-13,23-24,27-29,31H,14-22H2,1-3H3,(H,37,46)(H,38,44)(H,39,45)(H,42,43)/t24-,27+,28?,29?,31-/m0/s1.